The van der Waals surface area contributed by atoms with Crippen LogP contribution >= 0.6 is 0 Å². The van der Waals surface area contributed by atoms with Crippen molar-refractivity contribution in [1.82, 2.24) is 0 Å². The molecule has 0 bridgehead atoms. The van der Waals surface area contributed by atoms with Crippen molar-refractivity contribution >= 4 is 23.0 Å². The molecule has 178 valence electrons. The number of halogens is 5. The Bertz CT molecular complexity index is 1040. The number of carbonyl (C=O) groups excluding carboxylic acids is 1. The van der Waals surface area contributed by atoms with Crippen molar-refractivity contribution < 1.29 is 26.7 Å². The third kappa shape index (κ3) is 4.90. The van der Waals surface area contributed by atoms with Gasteiger partial charge in [0.15, 0.2) is 0 Å². The Hall–Kier alpha value is -2.88. The van der Waals surface area contributed by atoms with E-state index in [0.29, 0.717) is 16.9 Å². The molecule has 1 atom stereocenters. The lowest BCUT2D eigenvalue weighted by molar-refractivity contribution is -0.149. The molecule has 0 saturated heterocycles. The van der Waals surface area contributed by atoms with Crippen LogP contribution in [-0.4, -0.2) is 31.1 Å². The highest BCUT2D eigenvalue weighted by Crippen LogP contribution is 2.46. The highest BCUT2D eigenvalue weighted by molar-refractivity contribution is 6.10. The maximum atomic E-state index is 14.4. The third-order valence-electron chi connectivity index (χ3n) is 6.29. The molecule has 1 amide bonds. The number of hydrazine groups is 1. The number of anilines is 3. The largest absolute Gasteiger partial charge is 0.395 e. The van der Waals surface area contributed by atoms with Crippen LogP contribution in [0.5, 0.6) is 0 Å². The molecule has 0 fully saturated rings. The summed E-state index contributed by atoms with van der Waals surface area (Å²) in [7, 11) is 0. The van der Waals surface area contributed by atoms with E-state index in [0.717, 1.165) is 0 Å². The number of amides is 1. The monoisotopic (exact) mass is 468 g/mol. The molecule has 0 spiro atoms. The van der Waals surface area contributed by atoms with E-state index in [1.54, 1.807) is 24.3 Å². The first-order valence-electron chi connectivity index (χ1n) is 10.8. The van der Waals surface area contributed by atoms with Crippen LogP contribution in [0.4, 0.5) is 39.0 Å². The number of benzene rings is 2. The second-order valence-electron chi connectivity index (χ2n) is 8.52. The van der Waals surface area contributed by atoms with Gasteiger partial charge in [-0.3, -0.25) is 10.6 Å². The maximum Gasteiger partial charge on any atom is 0.395 e. The van der Waals surface area contributed by atoms with Gasteiger partial charge in [0.25, 0.3) is 5.91 Å². The average Bonchev–Trinajstić information content (AvgIpc) is 3.18. The van der Waals surface area contributed by atoms with Crippen molar-refractivity contribution in [3.8, 4) is 0 Å². The van der Waals surface area contributed by atoms with Gasteiger partial charge in [0.05, 0.1) is 17.2 Å². The molecule has 0 radical (unpaired) electrons. The lowest BCUT2D eigenvalue weighted by Gasteiger charge is -2.26. The molecule has 4 rings (SSSR count). The zero-order valence-corrected chi connectivity index (χ0v) is 17.8. The topological polar surface area (TPSA) is 70.4 Å². The molecular formula is C23H25F5N4O. The summed E-state index contributed by atoms with van der Waals surface area (Å²) in [5, 5.41) is 2.94. The van der Waals surface area contributed by atoms with Gasteiger partial charge in [-0.1, -0.05) is 6.07 Å². The number of hydrogen-bond donors (Lipinski definition) is 3. The summed E-state index contributed by atoms with van der Waals surface area (Å²) in [6, 6.07) is 9.33. The van der Waals surface area contributed by atoms with E-state index < -0.39 is 36.8 Å². The second kappa shape index (κ2) is 8.81. The van der Waals surface area contributed by atoms with Gasteiger partial charge >= 0.3 is 6.18 Å². The highest BCUT2D eigenvalue weighted by Gasteiger charge is 2.45. The van der Waals surface area contributed by atoms with E-state index in [9.17, 15) is 26.7 Å². The van der Waals surface area contributed by atoms with Crippen molar-refractivity contribution in [3.63, 3.8) is 0 Å². The van der Waals surface area contributed by atoms with Gasteiger partial charge in [-0.15, -0.1) is 0 Å². The molecule has 33 heavy (non-hydrogen) atoms. The molecule has 2 aliphatic rings. The number of alkyl halides is 5. The number of nitrogens with two attached hydrogens (primary N) is 1. The number of nitrogens with zero attached hydrogens (tertiary/aromatic N) is 1. The predicted molar refractivity (Wildman–Crippen MR) is 117 cm³/mol. The van der Waals surface area contributed by atoms with Gasteiger partial charge in [0.2, 0.25) is 5.92 Å². The van der Waals surface area contributed by atoms with Crippen LogP contribution in [0.3, 0.4) is 0 Å². The van der Waals surface area contributed by atoms with Crippen molar-refractivity contribution in [2.24, 2.45) is 5.84 Å². The van der Waals surface area contributed by atoms with Crippen molar-refractivity contribution in [3.05, 3.63) is 53.1 Å². The number of fused-ring (bicyclic) bond motifs is 2. The molecule has 0 aromatic heterocycles. The summed E-state index contributed by atoms with van der Waals surface area (Å²) in [6.45, 7) is -0.126. The summed E-state index contributed by atoms with van der Waals surface area (Å²) in [6.07, 6.45) is -5.07. The molecule has 1 unspecified atom stereocenters. The lowest BCUT2D eigenvalue weighted by Crippen LogP contribution is -2.35. The van der Waals surface area contributed by atoms with E-state index in [1.165, 1.54) is 17.0 Å². The van der Waals surface area contributed by atoms with E-state index in [4.69, 9.17) is 5.84 Å². The number of nitrogens with one attached hydrogen (secondary N) is 2. The zero-order valence-electron chi connectivity index (χ0n) is 17.8. The van der Waals surface area contributed by atoms with Crippen LogP contribution in [0.1, 0.15) is 53.1 Å². The van der Waals surface area contributed by atoms with Crippen molar-refractivity contribution in [2.45, 2.75) is 50.1 Å². The third-order valence-corrected chi connectivity index (χ3v) is 6.29. The number of nitrogen functional groups attached to an aromatic ring is 1. The number of rotatable bonds is 2. The summed E-state index contributed by atoms with van der Waals surface area (Å²) in [5.41, 5.74) is 4.33. The fourth-order valence-corrected chi connectivity index (χ4v) is 4.55. The Kier molecular flexibility index (Phi) is 6.22. The number of hydrogen-bond acceptors (Lipinski definition) is 4. The molecule has 0 saturated carbocycles. The summed E-state index contributed by atoms with van der Waals surface area (Å²) >= 11 is 0. The van der Waals surface area contributed by atoms with Crippen LogP contribution < -0.4 is 21.5 Å². The van der Waals surface area contributed by atoms with E-state index in [2.05, 4.69) is 10.7 Å². The van der Waals surface area contributed by atoms with Crippen molar-refractivity contribution in [2.75, 3.05) is 28.7 Å². The van der Waals surface area contributed by atoms with Crippen LogP contribution in [0.15, 0.2) is 36.4 Å². The van der Waals surface area contributed by atoms with Gasteiger partial charge in [-0.25, -0.2) is 8.78 Å². The van der Waals surface area contributed by atoms with Crippen LogP contribution in [0, 0.1) is 0 Å². The van der Waals surface area contributed by atoms with Crippen LogP contribution in [0.25, 0.3) is 0 Å². The van der Waals surface area contributed by atoms with Crippen molar-refractivity contribution in [1.29, 1.82) is 0 Å². The second-order valence-corrected chi connectivity index (χ2v) is 8.52. The van der Waals surface area contributed by atoms with E-state index >= 15 is 0 Å². The highest BCUT2D eigenvalue weighted by atomic mass is 19.4. The van der Waals surface area contributed by atoms with Gasteiger partial charge in [0.1, 0.15) is 0 Å². The Balaban J connectivity index is 1.80. The Morgan fingerprint density at radius 2 is 1.94 bits per heavy atom. The molecule has 4 N–H and O–H groups in total. The van der Waals surface area contributed by atoms with E-state index in [-0.39, 0.29) is 49.2 Å². The minimum absolute atomic E-state index is 0.0733. The van der Waals surface area contributed by atoms with Gasteiger partial charge in [-0.05, 0) is 60.7 Å². The zero-order chi connectivity index (χ0) is 23.8. The quantitative estimate of drug-likeness (QED) is 0.312. The fourth-order valence-electron chi connectivity index (χ4n) is 4.55. The Morgan fingerprint density at radius 3 is 2.67 bits per heavy atom. The molecule has 1 aliphatic heterocycles. The molecule has 1 aliphatic carbocycles. The first-order chi connectivity index (χ1) is 15.6. The SMILES string of the molecule is NNc1cccc(N2CCC(F)(F)CCCNc3cc4c(cc3C2=O)CCC4C(F)(F)F)c1. The van der Waals surface area contributed by atoms with Gasteiger partial charge in [0, 0.05) is 37.3 Å². The normalized spacial score (nSPS) is 21.0. The van der Waals surface area contributed by atoms with Crippen LogP contribution in [-0.2, 0) is 6.42 Å². The summed E-state index contributed by atoms with van der Waals surface area (Å²) in [5.74, 6) is 0.327. The van der Waals surface area contributed by atoms with Gasteiger partial charge in [-0.2, -0.15) is 13.2 Å². The van der Waals surface area contributed by atoms with Gasteiger partial charge < -0.3 is 15.6 Å². The van der Waals surface area contributed by atoms with E-state index in [1.807, 2.05) is 0 Å². The molecule has 1 heterocycles. The predicted octanol–water partition coefficient (Wildman–Crippen LogP) is 5.44. The Morgan fingerprint density at radius 1 is 1.15 bits per heavy atom. The standard InChI is InChI=1S/C23H25F5N4O/c24-22(25)7-2-9-30-20-13-17-14(5-6-19(17)23(26,27)28)11-18(20)21(33)32(10-8-22)16-4-1-3-15(12-16)31-29/h1,3-4,11-13,19,30-31H,2,5-10,29H2. The molecular weight excluding hydrogens is 443 g/mol. The number of aryl methyl sites for hydroxylation is 1. The Labute approximate surface area is 188 Å². The number of carbonyl (C=O) groups is 1. The molecule has 5 nitrogen and oxygen atoms in total. The first kappa shape index (κ1) is 23.3. The summed E-state index contributed by atoms with van der Waals surface area (Å²) < 4.78 is 69.4. The summed E-state index contributed by atoms with van der Waals surface area (Å²) in [4.78, 5) is 14.9. The minimum Gasteiger partial charge on any atom is -0.384 e. The molecule has 10 heteroatoms. The smallest absolute Gasteiger partial charge is 0.384 e. The van der Waals surface area contributed by atoms with Crippen LogP contribution in [0.2, 0.25) is 0 Å². The first-order valence-corrected chi connectivity index (χ1v) is 10.8. The minimum atomic E-state index is -4.39. The molecule has 2 aromatic carbocycles. The fraction of sp³-hybridized carbons (Fsp3) is 0.435. The average molecular weight is 468 g/mol. The molecule has 2 aromatic rings. The maximum absolute atomic E-state index is 14.4. The lowest BCUT2D eigenvalue weighted by atomic mass is 9.97.